The molecule has 0 amide bonds. The van der Waals surface area contributed by atoms with E-state index in [4.69, 9.17) is 9.47 Å². The van der Waals surface area contributed by atoms with E-state index in [1.165, 1.54) is 12.1 Å². The van der Waals surface area contributed by atoms with Gasteiger partial charge in [-0.1, -0.05) is 18.2 Å². The lowest BCUT2D eigenvalue weighted by atomic mass is 9.81. The lowest BCUT2D eigenvalue weighted by molar-refractivity contribution is -0.157. The predicted octanol–water partition coefficient (Wildman–Crippen LogP) is 1.27. The highest BCUT2D eigenvalue weighted by Crippen LogP contribution is 2.31. The molecule has 0 saturated heterocycles. The van der Waals surface area contributed by atoms with Gasteiger partial charge in [0.05, 0.1) is 13.2 Å². The molecule has 0 bridgehead atoms. The Kier molecular flexibility index (Phi) is 6.51. The van der Waals surface area contributed by atoms with Gasteiger partial charge in [0.2, 0.25) is 0 Å². The van der Waals surface area contributed by atoms with Crippen molar-refractivity contribution in [3.05, 3.63) is 59.4 Å². The van der Waals surface area contributed by atoms with Crippen molar-refractivity contribution in [3.63, 3.8) is 0 Å². The summed E-state index contributed by atoms with van der Waals surface area (Å²) >= 11 is 0. The van der Waals surface area contributed by atoms with Crippen LogP contribution in [-0.2, 0) is 6.42 Å². The lowest BCUT2D eigenvalue weighted by Crippen LogP contribution is -2.56. The first-order valence-corrected chi connectivity index (χ1v) is 9.16. The fraction of sp³-hybridized carbons (Fsp3) is 0.429. The van der Waals surface area contributed by atoms with Gasteiger partial charge >= 0.3 is 0 Å². The topological polar surface area (TPSA) is 99.4 Å². The summed E-state index contributed by atoms with van der Waals surface area (Å²) in [6.07, 6.45) is -4.33. The molecule has 6 nitrogen and oxygen atoms in total. The summed E-state index contributed by atoms with van der Waals surface area (Å²) in [5.41, 5.74) is 1.67. The van der Waals surface area contributed by atoms with Crippen molar-refractivity contribution in [1.82, 2.24) is 0 Å². The molecule has 1 aliphatic rings. The summed E-state index contributed by atoms with van der Waals surface area (Å²) < 4.78 is 24.8. The molecule has 7 heteroatoms. The van der Waals surface area contributed by atoms with Crippen LogP contribution in [0.15, 0.2) is 42.5 Å². The van der Waals surface area contributed by atoms with Gasteiger partial charge in [-0.15, -0.1) is 0 Å². The van der Waals surface area contributed by atoms with Crippen LogP contribution in [0.3, 0.4) is 0 Å². The van der Waals surface area contributed by atoms with Crippen LogP contribution >= 0.6 is 0 Å². The van der Waals surface area contributed by atoms with E-state index in [0.29, 0.717) is 12.0 Å². The molecule has 0 aromatic heterocycles. The first kappa shape index (κ1) is 20.5. The minimum Gasteiger partial charge on any atom is -0.497 e. The van der Waals surface area contributed by atoms with Gasteiger partial charge in [-0.2, -0.15) is 0 Å². The van der Waals surface area contributed by atoms with Gasteiger partial charge in [-0.25, -0.2) is 4.39 Å². The second kappa shape index (κ2) is 8.87. The maximum Gasteiger partial charge on any atom is 0.128 e. The third kappa shape index (κ3) is 4.44. The highest BCUT2D eigenvalue weighted by molar-refractivity contribution is 5.39. The summed E-state index contributed by atoms with van der Waals surface area (Å²) in [5, 5.41) is 39.6. The first-order chi connectivity index (χ1) is 13.4. The van der Waals surface area contributed by atoms with Gasteiger partial charge in [0.1, 0.15) is 35.6 Å². The van der Waals surface area contributed by atoms with E-state index in [2.05, 4.69) is 0 Å². The molecule has 0 heterocycles. The molecule has 1 saturated carbocycles. The molecule has 3 rings (SSSR count). The summed E-state index contributed by atoms with van der Waals surface area (Å²) in [6.45, 7) is -0.355. The zero-order chi connectivity index (χ0) is 20.3. The highest BCUT2D eigenvalue weighted by atomic mass is 19.1. The van der Waals surface area contributed by atoms with Crippen molar-refractivity contribution >= 4 is 0 Å². The number of ether oxygens (including phenoxy) is 2. The summed E-state index contributed by atoms with van der Waals surface area (Å²) in [7, 11) is 1.58. The molecular formula is C21H25FO6. The number of aliphatic hydroxyl groups is 4. The molecule has 0 radical (unpaired) electrons. The number of benzene rings is 2. The minimum absolute atomic E-state index is 0.133. The van der Waals surface area contributed by atoms with Crippen molar-refractivity contribution in [2.75, 3.05) is 13.7 Å². The molecule has 2 aromatic rings. The third-order valence-electron chi connectivity index (χ3n) is 5.19. The van der Waals surface area contributed by atoms with E-state index in [0.717, 1.165) is 11.3 Å². The lowest BCUT2D eigenvalue weighted by Gasteiger charge is -2.39. The van der Waals surface area contributed by atoms with Crippen LogP contribution in [0.1, 0.15) is 17.5 Å². The van der Waals surface area contributed by atoms with Crippen molar-refractivity contribution in [2.24, 2.45) is 5.92 Å². The standard InChI is InChI=1S/C21H25FO6/c1-27-16-6-2-12(3-7-16)8-13-4-5-15(22)10-17(13)28-18-9-14(11-23)19(24)21(26)20(18)25/h2-7,10,14,18-21,23-26H,8-9,11H2,1H3/t14-,18-,19-,20+,21+/m1/s1. The molecule has 5 atom stereocenters. The molecular weight excluding hydrogens is 367 g/mol. The van der Waals surface area contributed by atoms with Crippen LogP contribution < -0.4 is 9.47 Å². The van der Waals surface area contributed by atoms with Crippen molar-refractivity contribution in [1.29, 1.82) is 0 Å². The molecule has 1 aliphatic carbocycles. The van der Waals surface area contributed by atoms with E-state index >= 15 is 0 Å². The predicted molar refractivity (Wildman–Crippen MR) is 99.8 cm³/mol. The Morgan fingerprint density at radius 1 is 1.00 bits per heavy atom. The van der Waals surface area contributed by atoms with Crippen molar-refractivity contribution < 1.29 is 34.3 Å². The Hall–Kier alpha value is -2.19. The van der Waals surface area contributed by atoms with Crippen LogP contribution in [0.5, 0.6) is 11.5 Å². The average molecular weight is 392 g/mol. The van der Waals surface area contributed by atoms with Crippen LogP contribution in [0.25, 0.3) is 0 Å². The molecule has 4 N–H and O–H groups in total. The van der Waals surface area contributed by atoms with Gasteiger partial charge < -0.3 is 29.9 Å². The van der Waals surface area contributed by atoms with Gasteiger partial charge in [-0.3, -0.25) is 0 Å². The van der Waals surface area contributed by atoms with Crippen LogP contribution in [0.2, 0.25) is 0 Å². The maximum absolute atomic E-state index is 13.8. The monoisotopic (exact) mass is 392 g/mol. The number of hydrogen-bond donors (Lipinski definition) is 4. The Labute approximate surface area is 162 Å². The zero-order valence-corrected chi connectivity index (χ0v) is 15.5. The number of halogens is 1. The minimum atomic E-state index is -1.45. The van der Waals surface area contributed by atoms with Crippen LogP contribution in [-0.4, -0.2) is 58.6 Å². The highest BCUT2D eigenvalue weighted by Gasteiger charge is 2.43. The molecule has 1 fully saturated rings. The molecule has 2 aromatic carbocycles. The average Bonchev–Trinajstić information content (AvgIpc) is 2.71. The van der Waals surface area contributed by atoms with Crippen molar-refractivity contribution in [2.45, 2.75) is 37.3 Å². The van der Waals surface area contributed by atoms with Gasteiger partial charge in [0.25, 0.3) is 0 Å². The largest absolute Gasteiger partial charge is 0.497 e. The quantitative estimate of drug-likeness (QED) is 0.591. The molecule has 0 unspecified atom stereocenters. The van der Waals surface area contributed by atoms with E-state index in [1.807, 2.05) is 24.3 Å². The van der Waals surface area contributed by atoms with Crippen molar-refractivity contribution in [3.8, 4) is 11.5 Å². The Balaban J connectivity index is 1.82. The summed E-state index contributed by atoms with van der Waals surface area (Å²) in [6, 6.07) is 11.6. The van der Waals surface area contributed by atoms with E-state index in [-0.39, 0.29) is 18.8 Å². The van der Waals surface area contributed by atoms with Gasteiger partial charge in [0, 0.05) is 25.0 Å². The number of aliphatic hydroxyl groups excluding tert-OH is 4. The molecule has 152 valence electrons. The van der Waals surface area contributed by atoms with Crippen LogP contribution in [0.4, 0.5) is 4.39 Å². The Morgan fingerprint density at radius 3 is 2.36 bits per heavy atom. The fourth-order valence-electron chi connectivity index (χ4n) is 3.49. The Bertz CT molecular complexity index is 779. The second-order valence-electron chi connectivity index (χ2n) is 7.08. The SMILES string of the molecule is COc1ccc(Cc2ccc(F)cc2O[C@@H]2C[C@H](CO)[C@@H](O)[C@H](O)[C@H]2O)cc1. The maximum atomic E-state index is 13.8. The molecule has 28 heavy (non-hydrogen) atoms. The zero-order valence-electron chi connectivity index (χ0n) is 15.5. The first-order valence-electron chi connectivity index (χ1n) is 9.16. The third-order valence-corrected chi connectivity index (χ3v) is 5.19. The smallest absolute Gasteiger partial charge is 0.128 e. The number of hydrogen-bond acceptors (Lipinski definition) is 6. The molecule has 0 spiro atoms. The molecule has 0 aliphatic heterocycles. The number of rotatable bonds is 6. The number of methoxy groups -OCH3 is 1. The summed E-state index contributed by atoms with van der Waals surface area (Å²) in [5.74, 6) is -0.146. The van der Waals surface area contributed by atoms with E-state index < -0.39 is 36.2 Å². The Morgan fingerprint density at radius 2 is 1.71 bits per heavy atom. The van der Waals surface area contributed by atoms with Gasteiger partial charge in [-0.05, 0) is 35.7 Å². The van der Waals surface area contributed by atoms with Gasteiger partial charge in [0.15, 0.2) is 0 Å². The fourth-order valence-corrected chi connectivity index (χ4v) is 3.49. The summed E-state index contributed by atoms with van der Waals surface area (Å²) in [4.78, 5) is 0. The van der Waals surface area contributed by atoms with E-state index in [1.54, 1.807) is 13.2 Å². The second-order valence-corrected chi connectivity index (χ2v) is 7.08. The van der Waals surface area contributed by atoms with E-state index in [9.17, 15) is 24.8 Å². The van der Waals surface area contributed by atoms with Crippen LogP contribution in [0, 0.1) is 11.7 Å². The normalized spacial score (nSPS) is 27.4.